The molecule has 41 heavy (non-hydrogen) atoms. The van der Waals surface area contributed by atoms with Gasteiger partial charge < -0.3 is 19.7 Å². The van der Waals surface area contributed by atoms with Crippen molar-refractivity contribution in [1.29, 1.82) is 0 Å². The second-order valence-corrected chi connectivity index (χ2v) is 10.9. The fourth-order valence-electron chi connectivity index (χ4n) is 5.65. The van der Waals surface area contributed by atoms with Crippen LogP contribution < -0.4 is 19.7 Å². The molecule has 8 nitrogen and oxygen atoms in total. The first-order valence-corrected chi connectivity index (χ1v) is 14.1. The highest BCUT2D eigenvalue weighted by molar-refractivity contribution is 9.10. The van der Waals surface area contributed by atoms with Gasteiger partial charge in [-0.2, -0.15) is 5.10 Å². The summed E-state index contributed by atoms with van der Waals surface area (Å²) in [6.45, 7) is 2.27. The highest BCUT2D eigenvalue weighted by Crippen LogP contribution is 2.48. The highest BCUT2D eigenvalue weighted by atomic mass is 79.9. The molecule has 0 amide bonds. The number of para-hydroxylation sites is 3. The van der Waals surface area contributed by atoms with Gasteiger partial charge in [0.25, 0.3) is 0 Å². The van der Waals surface area contributed by atoms with E-state index in [2.05, 4.69) is 57.3 Å². The van der Waals surface area contributed by atoms with Crippen LogP contribution >= 0.6 is 15.9 Å². The molecule has 8 rings (SSSR count). The topological polar surface area (TPSA) is 76.3 Å². The zero-order valence-electron chi connectivity index (χ0n) is 22.0. The van der Waals surface area contributed by atoms with E-state index in [0.29, 0.717) is 17.4 Å². The van der Waals surface area contributed by atoms with Gasteiger partial charge in [0.05, 0.1) is 28.8 Å². The molecule has 3 aliphatic heterocycles. The quantitative estimate of drug-likeness (QED) is 0.232. The third kappa shape index (κ3) is 3.92. The molecule has 0 bridgehead atoms. The lowest BCUT2D eigenvalue weighted by molar-refractivity contribution is 0.174. The molecule has 200 valence electrons. The lowest BCUT2D eigenvalue weighted by Crippen LogP contribution is -2.46. The van der Waals surface area contributed by atoms with E-state index in [4.69, 9.17) is 24.6 Å². The highest BCUT2D eigenvalue weighted by Gasteiger charge is 2.41. The summed E-state index contributed by atoms with van der Waals surface area (Å²) >= 11 is 3.70. The number of hydrogen-bond acceptors (Lipinski definition) is 7. The molecule has 0 spiro atoms. The first-order chi connectivity index (χ1) is 20.1. The first-order valence-electron chi connectivity index (χ1n) is 13.3. The van der Waals surface area contributed by atoms with Crippen LogP contribution in [0.25, 0.3) is 5.69 Å². The van der Waals surface area contributed by atoms with Crippen LogP contribution in [-0.4, -0.2) is 28.2 Å². The molecule has 5 aromatic rings. The number of amidine groups is 2. The lowest BCUT2D eigenvalue weighted by Gasteiger charge is -2.40. The molecule has 3 aliphatic rings. The molecule has 4 heterocycles. The zero-order valence-corrected chi connectivity index (χ0v) is 23.5. The Kier molecular flexibility index (Phi) is 5.46. The average Bonchev–Trinajstić information content (AvgIpc) is 3.60. The van der Waals surface area contributed by atoms with Gasteiger partial charge in [0.1, 0.15) is 0 Å². The van der Waals surface area contributed by atoms with Gasteiger partial charge in [0.2, 0.25) is 6.79 Å². The van der Waals surface area contributed by atoms with Gasteiger partial charge in [-0.3, -0.25) is 0 Å². The minimum atomic E-state index is -0.197. The summed E-state index contributed by atoms with van der Waals surface area (Å²) in [5.74, 6) is 3.54. The standard InChI is InChI=1S/C32H23BrN6O2/c1-19-28-29(20-8-7-9-21(33)16-20)38-25-13-6-5-12-24(25)35-30(34-22-14-15-26-27(17-22)41-18-40-26)32(38)36-31(28)39(37-19)23-10-3-2-4-11-23/h2-17,29H,18H2,1H3,(H,34,35). The number of nitrogens with zero attached hydrogens (tertiary/aromatic N) is 5. The molecule has 0 aliphatic carbocycles. The Morgan fingerprint density at radius 3 is 2.56 bits per heavy atom. The molecule has 0 saturated carbocycles. The van der Waals surface area contributed by atoms with Crippen molar-refractivity contribution in [2.75, 3.05) is 17.0 Å². The Morgan fingerprint density at radius 2 is 1.68 bits per heavy atom. The largest absolute Gasteiger partial charge is 0.454 e. The van der Waals surface area contributed by atoms with E-state index >= 15 is 0 Å². The summed E-state index contributed by atoms with van der Waals surface area (Å²) in [6.07, 6.45) is 0. The Labute approximate surface area is 244 Å². The lowest BCUT2D eigenvalue weighted by atomic mass is 9.93. The van der Waals surface area contributed by atoms with Gasteiger partial charge in [-0.15, -0.1) is 0 Å². The van der Waals surface area contributed by atoms with Crippen LogP contribution in [0.15, 0.2) is 112 Å². The number of rotatable bonds is 3. The van der Waals surface area contributed by atoms with E-state index in [9.17, 15) is 0 Å². The van der Waals surface area contributed by atoms with Crippen molar-refractivity contribution in [1.82, 2.24) is 9.78 Å². The summed E-state index contributed by atoms with van der Waals surface area (Å²) in [5, 5.41) is 8.54. The van der Waals surface area contributed by atoms with Crippen molar-refractivity contribution in [2.24, 2.45) is 9.98 Å². The molecular formula is C32H23BrN6O2. The number of aliphatic imine (C=N–C) groups is 2. The summed E-state index contributed by atoms with van der Waals surface area (Å²) in [6, 6.07) is 32.3. The van der Waals surface area contributed by atoms with Crippen LogP contribution in [0.5, 0.6) is 11.5 Å². The number of ether oxygens (including phenoxy) is 2. The Bertz CT molecular complexity index is 1900. The maximum Gasteiger partial charge on any atom is 0.231 e. The van der Waals surface area contributed by atoms with Crippen LogP contribution in [-0.2, 0) is 0 Å². The second kappa shape index (κ2) is 9.35. The van der Waals surface area contributed by atoms with E-state index in [1.165, 1.54) is 0 Å². The Hall–Kier alpha value is -4.89. The summed E-state index contributed by atoms with van der Waals surface area (Å²) in [4.78, 5) is 12.6. The summed E-state index contributed by atoms with van der Waals surface area (Å²) in [7, 11) is 0. The van der Waals surface area contributed by atoms with Crippen molar-refractivity contribution in [3.63, 3.8) is 0 Å². The fourth-order valence-corrected chi connectivity index (χ4v) is 6.07. The van der Waals surface area contributed by atoms with Gasteiger partial charge in [-0.25, -0.2) is 14.7 Å². The zero-order chi connectivity index (χ0) is 27.5. The molecule has 1 N–H and O–H groups in total. The van der Waals surface area contributed by atoms with Gasteiger partial charge >= 0.3 is 0 Å². The number of halogens is 1. The van der Waals surface area contributed by atoms with E-state index in [-0.39, 0.29) is 12.8 Å². The van der Waals surface area contributed by atoms with Gasteiger partial charge in [-0.1, -0.05) is 58.4 Å². The number of benzene rings is 4. The average molecular weight is 603 g/mol. The van der Waals surface area contributed by atoms with Crippen LogP contribution in [0.3, 0.4) is 0 Å². The predicted octanol–water partition coefficient (Wildman–Crippen LogP) is 7.47. The van der Waals surface area contributed by atoms with Crippen LogP contribution in [0, 0.1) is 6.92 Å². The number of aromatic nitrogens is 2. The monoisotopic (exact) mass is 602 g/mol. The minimum absolute atomic E-state index is 0.197. The van der Waals surface area contributed by atoms with Gasteiger partial charge in [0.15, 0.2) is 29.0 Å². The fraction of sp³-hybridized carbons (Fsp3) is 0.0938. The molecule has 4 aromatic carbocycles. The van der Waals surface area contributed by atoms with E-state index in [1.807, 2.05) is 77.5 Å². The van der Waals surface area contributed by atoms with Crippen molar-refractivity contribution in [2.45, 2.75) is 13.0 Å². The van der Waals surface area contributed by atoms with E-state index in [1.54, 1.807) is 0 Å². The third-order valence-corrected chi connectivity index (χ3v) is 7.93. The number of nitrogens with one attached hydrogen (secondary N) is 1. The molecule has 0 radical (unpaired) electrons. The molecular weight excluding hydrogens is 580 g/mol. The molecule has 1 unspecified atom stereocenters. The van der Waals surface area contributed by atoms with Crippen molar-refractivity contribution in [3.05, 3.63) is 118 Å². The maximum atomic E-state index is 5.63. The summed E-state index contributed by atoms with van der Waals surface area (Å²) < 4.78 is 14.1. The molecule has 1 atom stereocenters. The van der Waals surface area contributed by atoms with Crippen LogP contribution in [0.2, 0.25) is 0 Å². The van der Waals surface area contributed by atoms with Gasteiger partial charge in [-0.05, 0) is 61.0 Å². The smallest absolute Gasteiger partial charge is 0.231 e. The predicted molar refractivity (Wildman–Crippen MR) is 164 cm³/mol. The number of aryl methyl sites for hydroxylation is 1. The van der Waals surface area contributed by atoms with E-state index < -0.39 is 0 Å². The van der Waals surface area contributed by atoms with Crippen molar-refractivity contribution < 1.29 is 9.47 Å². The number of hydrogen-bond donors (Lipinski definition) is 1. The molecule has 9 heteroatoms. The van der Waals surface area contributed by atoms with Crippen molar-refractivity contribution in [3.8, 4) is 17.2 Å². The maximum absolute atomic E-state index is 5.63. The molecule has 1 aromatic heterocycles. The second-order valence-electron chi connectivity index (χ2n) is 9.98. The summed E-state index contributed by atoms with van der Waals surface area (Å²) in [5.41, 5.74) is 6.68. The first kappa shape index (κ1) is 24.0. The number of anilines is 2. The normalized spacial score (nSPS) is 16.3. The molecule has 0 fully saturated rings. The SMILES string of the molecule is Cc1nn(-c2ccccc2)c2c1C(c1cccc(Br)c1)N1C(=N2)C(Nc2ccc3c(c2)OCO3)=Nc2ccccc21. The number of fused-ring (bicyclic) bond motifs is 5. The van der Waals surface area contributed by atoms with E-state index in [0.717, 1.165) is 55.6 Å². The minimum Gasteiger partial charge on any atom is -0.454 e. The van der Waals surface area contributed by atoms with Crippen molar-refractivity contribution >= 4 is 50.5 Å². The van der Waals surface area contributed by atoms with Crippen LogP contribution in [0.4, 0.5) is 22.9 Å². The van der Waals surface area contributed by atoms with Crippen LogP contribution in [0.1, 0.15) is 22.9 Å². The molecule has 0 saturated heterocycles. The Morgan fingerprint density at radius 1 is 0.854 bits per heavy atom. The van der Waals surface area contributed by atoms with Gasteiger partial charge in [0, 0.05) is 21.8 Å². The third-order valence-electron chi connectivity index (χ3n) is 7.44. The Balaban J connectivity index is 1.37.